The van der Waals surface area contributed by atoms with E-state index < -0.39 is 47.3 Å². The predicted octanol–water partition coefficient (Wildman–Crippen LogP) is -10.3. The molecule has 0 heterocycles. The zero-order valence-corrected chi connectivity index (χ0v) is 13.3. The molecule has 0 bridgehead atoms. The average Bonchev–Trinajstić information content (AvgIpc) is 2.22. The van der Waals surface area contributed by atoms with Gasteiger partial charge in [0.25, 0.3) is 0 Å². The molecule has 0 aliphatic carbocycles. The Morgan fingerprint density at radius 3 is 1.95 bits per heavy atom. The van der Waals surface area contributed by atoms with Gasteiger partial charge in [0, 0.05) is 0 Å². The van der Waals surface area contributed by atoms with E-state index in [9.17, 15) is 18.3 Å². The molecule has 0 unspecified atom stereocenters. The molecular formula is C6H13ClNNaO9S. The Morgan fingerprint density at radius 2 is 1.63 bits per heavy atom. The van der Waals surface area contributed by atoms with Gasteiger partial charge < -0.3 is 42.7 Å². The van der Waals surface area contributed by atoms with Gasteiger partial charge in [0.1, 0.15) is 24.4 Å². The molecule has 0 radical (unpaired) electrons. The second-order valence-electron chi connectivity index (χ2n) is 3.09. The van der Waals surface area contributed by atoms with Crippen LogP contribution in [0, 0.1) is 0 Å². The Bertz CT molecular complexity index is 366. The van der Waals surface area contributed by atoms with E-state index in [4.69, 9.17) is 25.6 Å². The van der Waals surface area contributed by atoms with Gasteiger partial charge in [-0.3, -0.25) is 4.55 Å². The third-order valence-electron chi connectivity index (χ3n) is 1.76. The molecule has 0 aromatic rings. The molecule has 7 N–H and O–H groups in total. The minimum atomic E-state index is -5.09. The molecule has 0 aromatic heterocycles. The predicted molar refractivity (Wildman–Crippen MR) is 50.7 cm³/mol. The zero-order chi connectivity index (χ0) is 13.8. The van der Waals surface area contributed by atoms with Gasteiger partial charge in [-0.25, -0.2) is 4.79 Å². The van der Waals surface area contributed by atoms with Crippen molar-refractivity contribution in [2.24, 2.45) is 5.73 Å². The zero-order valence-electron chi connectivity index (χ0n) is 9.75. The van der Waals surface area contributed by atoms with Crippen molar-refractivity contribution in [3.63, 3.8) is 0 Å². The van der Waals surface area contributed by atoms with Crippen molar-refractivity contribution in [2.45, 2.75) is 24.4 Å². The number of carbonyl (C=O) groups is 1. The van der Waals surface area contributed by atoms with Gasteiger partial charge in [0.05, 0.1) is 6.61 Å². The number of aliphatic hydroxyl groups excluding tert-OH is 4. The second-order valence-corrected chi connectivity index (χ2v) is 4.11. The van der Waals surface area contributed by atoms with Crippen LogP contribution in [0.3, 0.4) is 0 Å². The molecule has 13 heteroatoms. The van der Waals surface area contributed by atoms with Crippen molar-refractivity contribution in [3.8, 4) is 0 Å². The molecule has 110 valence electrons. The normalized spacial score (nSPS) is 17.2. The number of aliphatic hydroxyl groups is 4. The molecule has 0 rings (SSSR count). The van der Waals surface area contributed by atoms with Crippen LogP contribution in [0.5, 0.6) is 0 Å². The fourth-order valence-corrected chi connectivity index (χ4v) is 1.17. The molecule has 19 heavy (non-hydrogen) atoms. The summed E-state index contributed by atoms with van der Waals surface area (Å²) in [5, 5.41) is 35.7. The van der Waals surface area contributed by atoms with Crippen LogP contribution in [0.2, 0.25) is 0 Å². The Labute approximate surface area is 137 Å². The van der Waals surface area contributed by atoms with Crippen molar-refractivity contribution in [1.82, 2.24) is 0 Å². The van der Waals surface area contributed by atoms with E-state index in [1.54, 1.807) is 0 Å². The van der Waals surface area contributed by atoms with Gasteiger partial charge in [0.15, 0.2) is 0 Å². The van der Waals surface area contributed by atoms with Gasteiger partial charge in [-0.05, 0) is 0 Å². The summed E-state index contributed by atoms with van der Waals surface area (Å²) in [6, 6.07) is -2.03. The number of halogens is 1. The molecule has 0 amide bonds. The Hall–Kier alpha value is 0.470. The molecular weight excluding hydrogens is 321 g/mol. The summed E-state index contributed by atoms with van der Waals surface area (Å²) in [7, 11) is -5.09. The maximum atomic E-state index is 10.9. The van der Waals surface area contributed by atoms with Crippen LogP contribution in [0.4, 0.5) is 0 Å². The maximum Gasteiger partial charge on any atom is 1.00 e. The largest absolute Gasteiger partial charge is 1.00 e. The van der Waals surface area contributed by atoms with Crippen LogP contribution in [-0.2, 0) is 19.4 Å². The standard InChI is InChI=1S/C6H13NO9S.ClH.Na/c7-3(6(12)16-17(13,14)15)5(11)4(10)2(9)1-8;;/h2-5,8-11H,1,7H2,(H,13,14,15);1H;/q;;+1/p-1/t2-,3+,4-,5-;;/m1../s1. The quantitative estimate of drug-likeness (QED) is 0.201. The molecule has 0 aliphatic rings. The summed E-state index contributed by atoms with van der Waals surface area (Å²) in [5.74, 6) is -1.73. The number of hydrogen-bond acceptors (Lipinski definition) is 9. The summed E-state index contributed by atoms with van der Waals surface area (Å²) < 4.78 is 31.9. The first-order chi connectivity index (χ1) is 7.60. The van der Waals surface area contributed by atoms with E-state index in [1.807, 2.05) is 0 Å². The summed E-state index contributed by atoms with van der Waals surface area (Å²) in [5.41, 5.74) is 5.01. The number of rotatable bonds is 6. The van der Waals surface area contributed by atoms with E-state index in [0.29, 0.717) is 0 Å². The first-order valence-corrected chi connectivity index (χ1v) is 5.58. The number of nitrogens with two attached hydrogens (primary N) is 1. The fourth-order valence-electron chi connectivity index (χ4n) is 0.847. The summed E-state index contributed by atoms with van der Waals surface area (Å²) in [4.78, 5) is 10.9. The third kappa shape index (κ3) is 9.10. The van der Waals surface area contributed by atoms with Crippen molar-refractivity contribution in [2.75, 3.05) is 6.61 Å². The van der Waals surface area contributed by atoms with E-state index >= 15 is 0 Å². The molecule has 0 fully saturated rings. The van der Waals surface area contributed by atoms with E-state index in [1.165, 1.54) is 0 Å². The minimum absolute atomic E-state index is 0. The van der Waals surface area contributed by atoms with E-state index in [-0.39, 0.29) is 42.0 Å². The molecule has 0 aliphatic heterocycles. The van der Waals surface area contributed by atoms with Crippen molar-refractivity contribution < 1.29 is 84.3 Å². The number of carbonyl (C=O) groups excluding carboxylic acids is 1. The Kier molecular flexibility index (Phi) is 13.2. The first-order valence-electron chi connectivity index (χ1n) is 4.21. The second kappa shape index (κ2) is 10.2. The van der Waals surface area contributed by atoms with Crippen LogP contribution in [0.15, 0.2) is 0 Å². The van der Waals surface area contributed by atoms with Gasteiger partial charge in [-0.15, -0.1) is 0 Å². The molecule has 0 spiro atoms. The smallest absolute Gasteiger partial charge is 1.00 e. The molecule has 0 saturated heterocycles. The van der Waals surface area contributed by atoms with Gasteiger partial charge >= 0.3 is 45.9 Å². The summed E-state index contributed by atoms with van der Waals surface area (Å²) in [6.45, 7) is -0.918. The van der Waals surface area contributed by atoms with Crippen LogP contribution >= 0.6 is 0 Å². The topological polar surface area (TPSA) is 188 Å². The Morgan fingerprint density at radius 1 is 1.21 bits per heavy atom. The van der Waals surface area contributed by atoms with Crippen molar-refractivity contribution in [1.29, 1.82) is 0 Å². The average molecular weight is 334 g/mol. The third-order valence-corrected chi connectivity index (χ3v) is 2.13. The van der Waals surface area contributed by atoms with Gasteiger partial charge in [-0.2, -0.15) is 8.42 Å². The van der Waals surface area contributed by atoms with Crippen molar-refractivity contribution in [3.05, 3.63) is 0 Å². The Balaban J connectivity index is -0.00000128. The molecule has 0 aromatic carbocycles. The monoisotopic (exact) mass is 333 g/mol. The molecule has 10 nitrogen and oxygen atoms in total. The fraction of sp³-hybridized carbons (Fsp3) is 0.833. The number of hydrogen-bond donors (Lipinski definition) is 6. The van der Waals surface area contributed by atoms with Crippen LogP contribution in [0.1, 0.15) is 0 Å². The van der Waals surface area contributed by atoms with Gasteiger partial charge in [-0.1, -0.05) is 0 Å². The van der Waals surface area contributed by atoms with Crippen LogP contribution in [0.25, 0.3) is 0 Å². The van der Waals surface area contributed by atoms with E-state index in [0.717, 1.165) is 0 Å². The van der Waals surface area contributed by atoms with Crippen molar-refractivity contribution >= 4 is 16.4 Å². The van der Waals surface area contributed by atoms with Gasteiger partial charge in [0.2, 0.25) is 0 Å². The van der Waals surface area contributed by atoms with Crippen LogP contribution in [-0.4, -0.2) is 70.3 Å². The summed E-state index contributed by atoms with van der Waals surface area (Å²) in [6.07, 6.45) is -5.87. The SMILES string of the molecule is N[C@H](C(=O)OS(=O)(=O)O)[C@@H](O)[C@H](O)[C@H](O)CO.[Cl-].[Na+]. The summed E-state index contributed by atoms with van der Waals surface area (Å²) >= 11 is 0. The minimum Gasteiger partial charge on any atom is -1.00 e. The first kappa shape index (κ1) is 24.5. The van der Waals surface area contributed by atoms with Crippen LogP contribution < -0.4 is 47.7 Å². The molecule has 4 atom stereocenters. The molecule has 0 saturated carbocycles. The van der Waals surface area contributed by atoms with E-state index in [2.05, 4.69) is 4.18 Å². The maximum absolute atomic E-state index is 10.9.